The highest BCUT2D eigenvalue weighted by Gasteiger charge is 2.19. The van der Waals surface area contributed by atoms with E-state index in [1.807, 2.05) is 11.0 Å². The lowest BCUT2D eigenvalue weighted by Gasteiger charge is -2.30. The molecule has 1 fully saturated rings. The Hall–Kier alpha value is -1.89. The van der Waals surface area contributed by atoms with E-state index in [1.54, 1.807) is 12.3 Å². The number of likely N-dealkylation sites (tertiary alicyclic amines) is 1. The van der Waals surface area contributed by atoms with E-state index in [0.717, 1.165) is 31.7 Å². The smallest absolute Gasteiger partial charge is 0.126 e. The summed E-state index contributed by atoms with van der Waals surface area (Å²) in [5, 5.41) is 0. The Morgan fingerprint density at radius 2 is 2.50 bits per heavy atom. The molecule has 1 aromatic rings. The third-order valence-corrected chi connectivity index (χ3v) is 2.62. The largest absolute Gasteiger partial charge is 0.488 e. The topological polar surface area (TPSA) is 51.4 Å². The first-order chi connectivity index (χ1) is 7.78. The van der Waals surface area contributed by atoms with E-state index in [1.165, 1.54) is 0 Å². The third kappa shape index (κ3) is 2.57. The predicted octanol–water partition coefficient (Wildman–Crippen LogP) is 1.10. The number of anilines is 1. The van der Waals surface area contributed by atoms with Gasteiger partial charge in [0.1, 0.15) is 17.7 Å². The molecule has 4 heteroatoms. The van der Waals surface area contributed by atoms with Crippen LogP contribution in [0.3, 0.4) is 0 Å². The molecule has 1 atom stereocenters. The van der Waals surface area contributed by atoms with Crippen molar-refractivity contribution in [1.29, 1.82) is 0 Å². The van der Waals surface area contributed by atoms with Gasteiger partial charge in [-0.05, 0) is 18.9 Å². The van der Waals surface area contributed by atoms with Crippen molar-refractivity contribution < 1.29 is 4.74 Å². The molecule has 2 heterocycles. The molecule has 16 heavy (non-hydrogen) atoms. The number of ether oxygens (including phenoxy) is 1. The molecule has 1 aliphatic rings. The van der Waals surface area contributed by atoms with Gasteiger partial charge in [-0.15, -0.1) is 0 Å². The van der Waals surface area contributed by atoms with Gasteiger partial charge >= 0.3 is 0 Å². The Morgan fingerprint density at radius 3 is 3.25 bits per heavy atom. The fraction of sp³-hybridized carbons (Fsp3) is 0.417. The fourth-order valence-corrected chi connectivity index (χ4v) is 1.85. The van der Waals surface area contributed by atoms with Gasteiger partial charge < -0.3 is 15.4 Å². The fourth-order valence-electron chi connectivity index (χ4n) is 1.85. The van der Waals surface area contributed by atoms with Crippen LogP contribution in [-0.4, -0.2) is 29.1 Å². The summed E-state index contributed by atoms with van der Waals surface area (Å²) in [6, 6.07) is 6.19. The summed E-state index contributed by atoms with van der Waals surface area (Å²) in [6.07, 6.45) is 9.26. The van der Waals surface area contributed by atoms with E-state index in [-0.39, 0.29) is 6.10 Å². The van der Waals surface area contributed by atoms with Gasteiger partial charge in [-0.2, -0.15) is 0 Å². The summed E-state index contributed by atoms with van der Waals surface area (Å²) in [7, 11) is 0. The van der Waals surface area contributed by atoms with Crippen LogP contribution in [0.2, 0.25) is 0 Å². The van der Waals surface area contributed by atoms with Gasteiger partial charge in [-0.1, -0.05) is 6.42 Å². The zero-order valence-corrected chi connectivity index (χ0v) is 9.10. The second kappa shape index (κ2) is 4.75. The second-order valence-corrected chi connectivity index (χ2v) is 3.87. The number of hydrogen-bond acceptors (Lipinski definition) is 4. The van der Waals surface area contributed by atoms with E-state index in [9.17, 15) is 0 Å². The van der Waals surface area contributed by atoms with Crippen LogP contribution in [-0.2, 0) is 0 Å². The molecule has 1 saturated heterocycles. The molecule has 0 radical (unpaired) electrons. The first-order valence-corrected chi connectivity index (χ1v) is 5.37. The van der Waals surface area contributed by atoms with Crippen LogP contribution in [0.15, 0.2) is 18.3 Å². The van der Waals surface area contributed by atoms with Crippen molar-refractivity contribution in [3.05, 3.63) is 18.3 Å². The predicted molar refractivity (Wildman–Crippen MR) is 62.7 cm³/mol. The highest BCUT2D eigenvalue weighted by atomic mass is 16.5. The van der Waals surface area contributed by atoms with Crippen LogP contribution >= 0.6 is 0 Å². The second-order valence-electron chi connectivity index (χ2n) is 3.87. The Labute approximate surface area is 95.4 Å². The summed E-state index contributed by atoms with van der Waals surface area (Å²) in [4.78, 5) is 5.86. The van der Waals surface area contributed by atoms with Gasteiger partial charge in [0.25, 0.3) is 0 Å². The number of nitrogens with two attached hydrogens (primary N) is 1. The summed E-state index contributed by atoms with van der Waals surface area (Å²) in [6.45, 7) is 1.73. The lowest BCUT2D eigenvalue weighted by atomic mass is 10.1. The highest BCUT2D eigenvalue weighted by molar-refractivity contribution is 5.35. The first kappa shape index (κ1) is 10.6. The molecule has 0 saturated carbocycles. The average Bonchev–Trinajstić information content (AvgIpc) is 2.29. The molecule has 4 nitrogen and oxygen atoms in total. The maximum Gasteiger partial charge on any atom is 0.126 e. The van der Waals surface area contributed by atoms with Crippen molar-refractivity contribution in [2.45, 2.75) is 18.9 Å². The summed E-state index contributed by atoms with van der Waals surface area (Å²) >= 11 is 0. The van der Waals surface area contributed by atoms with Crippen LogP contribution in [0.25, 0.3) is 0 Å². The first-order valence-electron chi connectivity index (χ1n) is 5.37. The van der Waals surface area contributed by atoms with Crippen LogP contribution in [0.1, 0.15) is 12.8 Å². The summed E-state index contributed by atoms with van der Waals surface area (Å²) < 4.78 is 5.81. The average molecular weight is 217 g/mol. The monoisotopic (exact) mass is 217 g/mol. The van der Waals surface area contributed by atoms with Crippen LogP contribution < -0.4 is 10.5 Å². The molecule has 0 aliphatic carbocycles. The van der Waals surface area contributed by atoms with Gasteiger partial charge in [0.2, 0.25) is 0 Å². The van der Waals surface area contributed by atoms with Crippen molar-refractivity contribution in [2.75, 3.05) is 18.8 Å². The SMILES string of the molecule is C#CN1CCCC(Oc2ccnc(N)c2)C1. The van der Waals surface area contributed by atoms with E-state index in [2.05, 4.69) is 11.0 Å². The van der Waals surface area contributed by atoms with Gasteiger partial charge in [0.15, 0.2) is 0 Å². The standard InChI is InChI=1S/C12H15N3O/c1-2-15-7-3-4-11(9-15)16-10-5-6-14-12(13)8-10/h1,5-6,8,11H,3-4,7,9H2,(H2,13,14). The summed E-state index contributed by atoms with van der Waals surface area (Å²) in [5.74, 6) is 1.23. The zero-order valence-electron chi connectivity index (χ0n) is 9.10. The molecule has 0 spiro atoms. The number of terminal acetylenes is 1. The van der Waals surface area contributed by atoms with E-state index < -0.39 is 0 Å². The van der Waals surface area contributed by atoms with Gasteiger partial charge in [0, 0.05) is 24.9 Å². The third-order valence-electron chi connectivity index (χ3n) is 2.62. The normalized spacial score (nSPS) is 20.2. The number of rotatable bonds is 2. The molecule has 0 aromatic carbocycles. The molecule has 84 valence electrons. The Bertz CT molecular complexity index is 399. The molecular formula is C12H15N3O. The lowest BCUT2D eigenvalue weighted by molar-refractivity contribution is 0.120. The van der Waals surface area contributed by atoms with Crippen LogP contribution in [0, 0.1) is 12.5 Å². The summed E-state index contributed by atoms with van der Waals surface area (Å²) in [5.41, 5.74) is 5.58. The molecule has 0 bridgehead atoms. The van der Waals surface area contributed by atoms with E-state index in [4.69, 9.17) is 16.9 Å². The minimum absolute atomic E-state index is 0.145. The van der Waals surface area contributed by atoms with Crippen molar-refractivity contribution in [2.24, 2.45) is 0 Å². The molecule has 1 unspecified atom stereocenters. The van der Waals surface area contributed by atoms with E-state index in [0.29, 0.717) is 5.82 Å². The van der Waals surface area contributed by atoms with Crippen molar-refractivity contribution in [3.63, 3.8) is 0 Å². The number of piperidine rings is 1. The number of hydrogen-bond donors (Lipinski definition) is 1. The Balaban J connectivity index is 1.97. The minimum Gasteiger partial charge on any atom is -0.488 e. The van der Waals surface area contributed by atoms with E-state index >= 15 is 0 Å². The van der Waals surface area contributed by atoms with Gasteiger partial charge in [0.05, 0.1) is 6.54 Å². The highest BCUT2D eigenvalue weighted by Crippen LogP contribution is 2.18. The van der Waals surface area contributed by atoms with Crippen LogP contribution in [0.4, 0.5) is 5.82 Å². The zero-order chi connectivity index (χ0) is 11.4. The number of nitrogen functional groups attached to an aromatic ring is 1. The van der Waals surface area contributed by atoms with Crippen molar-refractivity contribution >= 4 is 5.82 Å². The quantitative estimate of drug-likeness (QED) is 0.754. The molecule has 2 rings (SSSR count). The lowest BCUT2D eigenvalue weighted by Crippen LogP contribution is -2.38. The van der Waals surface area contributed by atoms with Crippen molar-refractivity contribution in [3.8, 4) is 18.2 Å². The van der Waals surface area contributed by atoms with Crippen molar-refractivity contribution in [1.82, 2.24) is 9.88 Å². The minimum atomic E-state index is 0.145. The maximum absolute atomic E-state index is 5.81. The molecule has 1 aliphatic heterocycles. The van der Waals surface area contributed by atoms with Crippen LogP contribution in [0.5, 0.6) is 5.75 Å². The molecular weight excluding hydrogens is 202 g/mol. The molecule has 2 N–H and O–H groups in total. The Morgan fingerprint density at radius 1 is 1.62 bits per heavy atom. The number of nitrogens with zero attached hydrogens (tertiary/aromatic N) is 2. The maximum atomic E-state index is 5.81. The Kier molecular flexibility index (Phi) is 3.16. The van der Waals surface area contributed by atoms with Gasteiger partial charge in [-0.25, -0.2) is 4.98 Å². The number of aromatic nitrogens is 1. The molecule has 0 amide bonds. The van der Waals surface area contributed by atoms with Gasteiger partial charge in [-0.3, -0.25) is 0 Å². The number of pyridine rings is 1. The molecule has 1 aromatic heterocycles.